The smallest absolute Gasteiger partial charge is 0.156 e. The zero-order valence-electron chi connectivity index (χ0n) is 13.6. The first kappa shape index (κ1) is 14.9. The van der Waals surface area contributed by atoms with E-state index >= 15 is 0 Å². The molecule has 4 aliphatic carbocycles. The van der Waals surface area contributed by atoms with Crippen LogP contribution in [-0.4, -0.2) is 16.5 Å². The van der Waals surface area contributed by atoms with E-state index in [1.54, 1.807) is 0 Å². The monoisotopic (exact) mass is 309 g/mol. The van der Waals surface area contributed by atoms with Gasteiger partial charge in [0, 0.05) is 11.8 Å². The number of carbonyl (C=O) groups is 1. The van der Waals surface area contributed by atoms with Gasteiger partial charge in [-0.1, -0.05) is 19.1 Å². The van der Waals surface area contributed by atoms with Crippen molar-refractivity contribution in [2.24, 2.45) is 17.3 Å². The van der Waals surface area contributed by atoms with Gasteiger partial charge >= 0.3 is 0 Å². The fraction of sp³-hybridized carbons (Fsp3) is 0.600. The highest BCUT2D eigenvalue weighted by atomic mass is 16.3. The minimum absolute atomic E-state index is 0.211. The van der Waals surface area contributed by atoms with Gasteiger partial charge in [0.25, 0.3) is 0 Å². The summed E-state index contributed by atoms with van der Waals surface area (Å²) < 4.78 is 0. The Balaban J connectivity index is 1.79. The van der Waals surface area contributed by atoms with Crippen LogP contribution in [0, 0.1) is 28.6 Å². The molecular weight excluding hydrogens is 286 g/mol. The molecule has 23 heavy (non-hydrogen) atoms. The van der Waals surface area contributed by atoms with E-state index in [4.69, 9.17) is 5.26 Å². The molecule has 0 aromatic carbocycles. The normalized spacial score (nSPS) is 41.8. The van der Waals surface area contributed by atoms with Crippen LogP contribution in [0.5, 0.6) is 0 Å². The number of ketones is 1. The summed E-state index contributed by atoms with van der Waals surface area (Å²) in [4.78, 5) is 11.7. The number of hydrogen-bond donors (Lipinski definition) is 1. The third kappa shape index (κ3) is 1.94. The highest BCUT2D eigenvalue weighted by Crippen LogP contribution is 2.61. The van der Waals surface area contributed by atoms with Crippen LogP contribution in [0.2, 0.25) is 0 Å². The molecule has 0 saturated heterocycles. The first-order valence-electron chi connectivity index (χ1n) is 8.74. The Morgan fingerprint density at radius 1 is 1.35 bits per heavy atom. The van der Waals surface area contributed by atoms with Gasteiger partial charge in [0.2, 0.25) is 0 Å². The first-order chi connectivity index (χ1) is 11.0. The van der Waals surface area contributed by atoms with E-state index in [1.165, 1.54) is 16.7 Å². The van der Waals surface area contributed by atoms with Crippen molar-refractivity contribution in [2.75, 3.05) is 0 Å². The summed E-state index contributed by atoms with van der Waals surface area (Å²) in [6.07, 6.45) is 11.7. The molecule has 0 bridgehead atoms. The third-order valence-corrected chi connectivity index (χ3v) is 6.93. The van der Waals surface area contributed by atoms with Gasteiger partial charge in [-0.3, -0.25) is 4.79 Å². The van der Waals surface area contributed by atoms with Gasteiger partial charge in [-0.25, -0.2) is 0 Å². The summed E-state index contributed by atoms with van der Waals surface area (Å²) in [6, 6.07) is 2.19. The van der Waals surface area contributed by atoms with Crippen molar-refractivity contribution < 1.29 is 9.90 Å². The van der Waals surface area contributed by atoms with Crippen molar-refractivity contribution in [3.8, 4) is 6.07 Å². The SMILES string of the molecule is CC12C=CC3=C4CCC(=O)C=C4CC[C@H]3[C@@H]1CC[C@@]2(O)CC#N. The zero-order chi connectivity index (χ0) is 16.2. The summed E-state index contributed by atoms with van der Waals surface area (Å²) in [5.74, 6) is 1.14. The van der Waals surface area contributed by atoms with E-state index in [0.29, 0.717) is 24.7 Å². The molecule has 1 fully saturated rings. The lowest BCUT2D eigenvalue weighted by atomic mass is 9.58. The molecule has 3 heteroatoms. The Morgan fingerprint density at radius 3 is 2.96 bits per heavy atom. The van der Waals surface area contributed by atoms with Gasteiger partial charge in [0.05, 0.1) is 18.1 Å². The van der Waals surface area contributed by atoms with Crippen molar-refractivity contribution in [1.82, 2.24) is 0 Å². The number of nitriles is 1. The second-order valence-electron chi connectivity index (χ2n) is 7.84. The van der Waals surface area contributed by atoms with E-state index in [1.807, 2.05) is 6.08 Å². The molecule has 4 aliphatic rings. The van der Waals surface area contributed by atoms with Crippen LogP contribution in [0.3, 0.4) is 0 Å². The largest absolute Gasteiger partial charge is 0.388 e. The molecule has 4 rings (SSSR count). The van der Waals surface area contributed by atoms with Crippen molar-refractivity contribution >= 4 is 5.78 Å². The van der Waals surface area contributed by atoms with E-state index in [9.17, 15) is 9.90 Å². The van der Waals surface area contributed by atoms with Crippen LogP contribution in [0.15, 0.2) is 34.9 Å². The lowest BCUT2D eigenvalue weighted by molar-refractivity contribution is -0.114. The van der Waals surface area contributed by atoms with Crippen LogP contribution < -0.4 is 0 Å². The predicted molar refractivity (Wildman–Crippen MR) is 87.2 cm³/mol. The van der Waals surface area contributed by atoms with E-state index < -0.39 is 5.60 Å². The second kappa shape index (κ2) is 4.92. The molecule has 4 atom stereocenters. The fourth-order valence-corrected chi connectivity index (χ4v) is 5.53. The minimum atomic E-state index is -0.891. The van der Waals surface area contributed by atoms with Crippen molar-refractivity contribution in [3.63, 3.8) is 0 Å². The topological polar surface area (TPSA) is 61.1 Å². The lowest BCUT2D eigenvalue weighted by Crippen LogP contribution is -2.47. The summed E-state index contributed by atoms with van der Waals surface area (Å²) in [6.45, 7) is 2.13. The molecule has 120 valence electrons. The van der Waals surface area contributed by atoms with Gasteiger partial charge in [0.1, 0.15) is 0 Å². The summed E-state index contributed by atoms with van der Waals surface area (Å²) in [7, 11) is 0. The van der Waals surface area contributed by atoms with Crippen molar-refractivity contribution in [2.45, 2.75) is 57.5 Å². The first-order valence-corrected chi connectivity index (χ1v) is 8.74. The van der Waals surface area contributed by atoms with Crippen LogP contribution >= 0.6 is 0 Å². The van der Waals surface area contributed by atoms with Crippen LogP contribution in [-0.2, 0) is 4.79 Å². The number of rotatable bonds is 1. The molecule has 1 N–H and O–H groups in total. The molecule has 3 nitrogen and oxygen atoms in total. The number of fused-ring (bicyclic) bond motifs is 4. The molecule has 0 spiro atoms. The van der Waals surface area contributed by atoms with Crippen molar-refractivity contribution in [1.29, 1.82) is 5.26 Å². The molecule has 0 amide bonds. The van der Waals surface area contributed by atoms with Crippen LogP contribution in [0.25, 0.3) is 0 Å². The Labute approximate surface area is 137 Å². The van der Waals surface area contributed by atoms with E-state index in [0.717, 1.165) is 25.7 Å². The summed E-state index contributed by atoms with van der Waals surface area (Å²) >= 11 is 0. The highest BCUT2D eigenvalue weighted by Gasteiger charge is 2.59. The molecular formula is C20H23NO2. The Bertz CT molecular complexity index is 708. The predicted octanol–water partition coefficient (Wildman–Crippen LogP) is 3.61. The fourth-order valence-electron chi connectivity index (χ4n) is 5.53. The van der Waals surface area contributed by atoms with E-state index in [-0.39, 0.29) is 17.6 Å². The van der Waals surface area contributed by atoms with Crippen molar-refractivity contribution in [3.05, 3.63) is 34.9 Å². The maximum Gasteiger partial charge on any atom is 0.156 e. The number of aliphatic hydroxyl groups is 1. The van der Waals surface area contributed by atoms with Gasteiger partial charge < -0.3 is 5.11 Å². The summed E-state index contributed by atoms with van der Waals surface area (Å²) in [5, 5.41) is 20.2. The average molecular weight is 309 g/mol. The van der Waals surface area contributed by atoms with Crippen LogP contribution in [0.1, 0.15) is 51.9 Å². The maximum absolute atomic E-state index is 11.7. The van der Waals surface area contributed by atoms with E-state index in [2.05, 4.69) is 25.1 Å². The lowest BCUT2D eigenvalue weighted by Gasteiger charge is -2.48. The third-order valence-electron chi connectivity index (χ3n) is 6.93. The summed E-state index contributed by atoms with van der Waals surface area (Å²) in [5.41, 5.74) is 2.83. The Morgan fingerprint density at radius 2 is 2.17 bits per heavy atom. The van der Waals surface area contributed by atoms with Gasteiger partial charge in [-0.15, -0.1) is 0 Å². The zero-order valence-corrected chi connectivity index (χ0v) is 13.6. The number of hydrogen-bond acceptors (Lipinski definition) is 3. The molecule has 1 saturated carbocycles. The molecule has 0 radical (unpaired) electrons. The second-order valence-corrected chi connectivity index (χ2v) is 7.84. The molecule has 0 aromatic rings. The number of nitrogens with zero attached hydrogens (tertiary/aromatic N) is 1. The van der Waals surface area contributed by atoms with Gasteiger partial charge in [-0.05, 0) is 66.7 Å². The van der Waals surface area contributed by atoms with Gasteiger partial charge in [0.15, 0.2) is 5.78 Å². The highest BCUT2D eigenvalue weighted by molar-refractivity contribution is 5.93. The van der Waals surface area contributed by atoms with Gasteiger partial charge in [-0.2, -0.15) is 5.26 Å². The Kier molecular flexibility index (Phi) is 3.19. The molecule has 1 unspecified atom stereocenters. The molecule has 0 heterocycles. The Hall–Kier alpha value is -1.66. The number of carbonyl (C=O) groups excluding carboxylic acids is 1. The minimum Gasteiger partial charge on any atom is -0.388 e. The van der Waals surface area contributed by atoms with Crippen LogP contribution in [0.4, 0.5) is 0 Å². The standard InChI is InChI=1S/C20H23NO2/c1-19-8-6-16-15-5-3-14(22)12-13(15)2-4-17(16)18(19)7-9-20(19,23)10-11-21/h6,8,12,17-18,23H,2-5,7,9-10H2,1H3/t17-,18+,19?,20-/m1/s1. The maximum atomic E-state index is 11.7. The quantitative estimate of drug-likeness (QED) is 0.805. The number of allylic oxidation sites excluding steroid dienone is 5. The molecule has 0 aliphatic heterocycles. The molecule has 0 aromatic heterocycles. The average Bonchev–Trinajstić information content (AvgIpc) is 2.79.